The van der Waals surface area contributed by atoms with Crippen LogP contribution in [0.25, 0.3) is 0 Å². The molecule has 2 heterocycles. The second-order valence-corrected chi connectivity index (χ2v) is 12.3. The number of methoxy groups -OCH3 is 1. The molecule has 216 valence electrons. The van der Waals surface area contributed by atoms with Crippen LogP contribution >= 0.6 is 0 Å². The van der Waals surface area contributed by atoms with Crippen LogP contribution in [0, 0.1) is 12.8 Å². The Hall–Kier alpha value is -3.89. The molecule has 0 unspecified atom stereocenters. The van der Waals surface area contributed by atoms with Gasteiger partial charge in [-0.2, -0.15) is 4.31 Å². The zero-order valence-electron chi connectivity index (χ0n) is 23.6. The molecule has 41 heavy (non-hydrogen) atoms. The lowest BCUT2D eigenvalue weighted by Gasteiger charge is -2.31. The molecule has 0 aromatic heterocycles. The lowest BCUT2D eigenvalue weighted by molar-refractivity contribution is -0.120. The Morgan fingerprint density at radius 2 is 1.80 bits per heavy atom. The van der Waals surface area contributed by atoms with E-state index in [9.17, 15) is 18.0 Å². The predicted molar refractivity (Wildman–Crippen MR) is 157 cm³/mol. The molecular weight excluding hydrogens is 542 g/mol. The summed E-state index contributed by atoms with van der Waals surface area (Å²) in [6.45, 7) is 5.21. The molecular formula is C31H35N3O6S. The zero-order chi connectivity index (χ0) is 29.1. The molecule has 1 saturated heterocycles. The highest BCUT2D eigenvalue weighted by molar-refractivity contribution is 7.89. The van der Waals surface area contributed by atoms with Gasteiger partial charge < -0.3 is 19.7 Å². The maximum atomic E-state index is 13.4. The van der Waals surface area contributed by atoms with Gasteiger partial charge in [0.1, 0.15) is 11.5 Å². The van der Waals surface area contributed by atoms with Gasteiger partial charge >= 0.3 is 0 Å². The number of benzene rings is 3. The number of sulfonamides is 1. The Bertz CT molecular complexity index is 1550. The van der Waals surface area contributed by atoms with Crippen LogP contribution in [-0.2, 0) is 21.2 Å². The van der Waals surface area contributed by atoms with E-state index in [4.69, 9.17) is 9.47 Å². The number of nitrogens with zero attached hydrogens (tertiary/aromatic N) is 2. The third-order valence-electron chi connectivity index (χ3n) is 7.67. The average molecular weight is 578 g/mol. The van der Waals surface area contributed by atoms with Crippen molar-refractivity contribution in [2.45, 2.75) is 38.0 Å². The summed E-state index contributed by atoms with van der Waals surface area (Å²) in [4.78, 5) is 28.5. The highest BCUT2D eigenvalue weighted by atomic mass is 32.2. The molecule has 2 aliphatic rings. The minimum atomic E-state index is -3.77. The molecule has 0 radical (unpaired) electrons. The van der Waals surface area contributed by atoms with Gasteiger partial charge in [0.2, 0.25) is 15.9 Å². The van der Waals surface area contributed by atoms with Crippen molar-refractivity contribution in [3.05, 3.63) is 77.4 Å². The second kappa shape index (κ2) is 11.9. The monoisotopic (exact) mass is 577 g/mol. The molecule has 0 spiro atoms. The van der Waals surface area contributed by atoms with Crippen LogP contribution in [0.4, 0.5) is 11.4 Å². The maximum absolute atomic E-state index is 13.4. The third-order valence-corrected chi connectivity index (χ3v) is 9.53. The first kappa shape index (κ1) is 28.6. The number of amides is 2. The normalized spacial score (nSPS) is 17.1. The van der Waals surface area contributed by atoms with Crippen LogP contribution in [0.15, 0.2) is 65.6 Å². The van der Waals surface area contributed by atoms with Crippen molar-refractivity contribution in [3.8, 4) is 11.5 Å². The summed E-state index contributed by atoms with van der Waals surface area (Å²) in [6, 6.07) is 17.4. The fourth-order valence-electron chi connectivity index (χ4n) is 5.43. The molecule has 0 aliphatic carbocycles. The number of carbonyl (C=O) groups excluding carboxylic acids is 2. The molecule has 1 atom stereocenters. The van der Waals surface area contributed by atoms with E-state index >= 15 is 0 Å². The van der Waals surface area contributed by atoms with Gasteiger partial charge in [0.15, 0.2) is 0 Å². The lowest BCUT2D eigenvalue weighted by atomic mass is 9.98. The first-order valence-corrected chi connectivity index (χ1v) is 15.3. The summed E-state index contributed by atoms with van der Waals surface area (Å²) in [7, 11) is -2.19. The number of rotatable bonds is 8. The Kier molecular flexibility index (Phi) is 8.32. The number of fused-ring (bicyclic) bond motifs is 1. The van der Waals surface area contributed by atoms with Crippen LogP contribution in [0.3, 0.4) is 0 Å². The molecule has 1 N–H and O–H groups in total. The predicted octanol–water partition coefficient (Wildman–Crippen LogP) is 4.64. The Balaban J connectivity index is 1.28. The summed E-state index contributed by atoms with van der Waals surface area (Å²) in [5, 5.41) is 2.97. The van der Waals surface area contributed by atoms with Gasteiger partial charge in [-0.25, -0.2) is 8.42 Å². The molecule has 3 aromatic carbocycles. The van der Waals surface area contributed by atoms with Gasteiger partial charge in [-0.1, -0.05) is 6.07 Å². The smallest absolute Gasteiger partial charge is 0.258 e. The molecule has 3 aromatic rings. The van der Waals surface area contributed by atoms with Crippen LogP contribution in [-0.4, -0.2) is 57.9 Å². The number of ether oxygens (including phenoxy) is 2. The van der Waals surface area contributed by atoms with E-state index in [0.29, 0.717) is 55.3 Å². The average Bonchev–Trinajstić information content (AvgIpc) is 3.41. The van der Waals surface area contributed by atoms with Gasteiger partial charge in [-0.3, -0.25) is 9.59 Å². The molecule has 2 amide bonds. The Labute approximate surface area is 241 Å². The van der Waals surface area contributed by atoms with Crippen molar-refractivity contribution in [3.63, 3.8) is 0 Å². The molecule has 1 fully saturated rings. The van der Waals surface area contributed by atoms with Crippen molar-refractivity contribution >= 4 is 33.2 Å². The van der Waals surface area contributed by atoms with E-state index in [2.05, 4.69) is 5.32 Å². The fourth-order valence-corrected chi connectivity index (χ4v) is 7.03. The van der Waals surface area contributed by atoms with Crippen LogP contribution in [0.5, 0.6) is 11.5 Å². The maximum Gasteiger partial charge on any atom is 0.258 e. The van der Waals surface area contributed by atoms with E-state index < -0.39 is 15.9 Å². The first-order chi connectivity index (χ1) is 19.7. The molecule has 10 heteroatoms. The highest BCUT2D eigenvalue weighted by Gasteiger charge is 2.34. The zero-order valence-corrected chi connectivity index (χ0v) is 24.4. The van der Waals surface area contributed by atoms with Crippen LogP contribution < -0.4 is 19.7 Å². The van der Waals surface area contributed by atoms with Crippen molar-refractivity contribution in [1.29, 1.82) is 0 Å². The molecule has 0 saturated carbocycles. The van der Waals surface area contributed by atoms with Crippen molar-refractivity contribution in [1.82, 2.24) is 4.31 Å². The Morgan fingerprint density at radius 3 is 2.51 bits per heavy atom. The van der Waals surface area contributed by atoms with Crippen molar-refractivity contribution in [2.24, 2.45) is 5.92 Å². The minimum absolute atomic E-state index is 0.105. The SMILES string of the molecule is CCOc1ccc(S(=O)(=O)N2CCC[C@H](C(=O)Nc3ccc4c(c3)N(C(=O)c3ccc(OC)cc3)CC4)C2)cc1C. The quantitative estimate of drug-likeness (QED) is 0.418. The summed E-state index contributed by atoms with van der Waals surface area (Å²) < 4.78 is 39.0. The van der Waals surface area contributed by atoms with E-state index in [1.54, 1.807) is 54.5 Å². The summed E-state index contributed by atoms with van der Waals surface area (Å²) in [5.74, 6) is 0.483. The standard InChI is InChI=1S/C31H35N3O6S/c1-4-40-29-14-13-27(18-21(29)2)41(37,38)33-16-5-6-24(20-33)30(35)32-25-10-7-22-15-17-34(28(22)19-25)31(36)23-8-11-26(39-3)12-9-23/h7-14,18-19,24H,4-6,15-17,20H2,1-3H3,(H,32,35)/t24-/m0/s1. The number of piperidine rings is 1. The molecule has 0 bridgehead atoms. The van der Waals surface area contributed by atoms with Crippen LogP contribution in [0.2, 0.25) is 0 Å². The third kappa shape index (κ3) is 5.94. The number of anilines is 2. The number of hydrogen-bond donors (Lipinski definition) is 1. The first-order valence-electron chi connectivity index (χ1n) is 13.8. The minimum Gasteiger partial charge on any atom is -0.497 e. The number of nitrogens with one attached hydrogen (secondary N) is 1. The van der Waals surface area contributed by atoms with Gasteiger partial charge in [0.25, 0.3) is 5.91 Å². The highest BCUT2D eigenvalue weighted by Crippen LogP contribution is 2.33. The number of carbonyl (C=O) groups is 2. The lowest BCUT2D eigenvalue weighted by Crippen LogP contribution is -2.43. The molecule has 2 aliphatic heterocycles. The Morgan fingerprint density at radius 1 is 1.02 bits per heavy atom. The fraction of sp³-hybridized carbons (Fsp3) is 0.355. The number of aryl methyl sites for hydroxylation is 1. The van der Waals surface area contributed by atoms with Crippen molar-refractivity contribution < 1.29 is 27.5 Å². The second-order valence-electron chi connectivity index (χ2n) is 10.3. The summed E-state index contributed by atoms with van der Waals surface area (Å²) in [6.07, 6.45) is 1.90. The van der Waals surface area contributed by atoms with Gasteiger partial charge in [-0.05, 0) is 98.8 Å². The molecule has 9 nitrogen and oxygen atoms in total. The van der Waals surface area contributed by atoms with Crippen LogP contribution in [0.1, 0.15) is 41.3 Å². The van der Waals surface area contributed by atoms with Crippen molar-refractivity contribution in [2.75, 3.05) is 43.6 Å². The van der Waals surface area contributed by atoms with Gasteiger partial charge in [0.05, 0.1) is 24.5 Å². The topological polar surface area (TPSA) is 105 Å². The number of hydrogen-bond acceptors (Lipinski definition) is 6. The van der Waals surface area contributed by atoms with Gasteiger partial charge in [0, 0.05) is 36.6 Å². The largest absolute Gasteiger partial charge is 0.497 e. The van der Waals surface area contributed by atoms with Gasteiger partial charge in [-0.15, -0.1) is 0 Å². The summed E-state index contributed by atoms with van der Waals surface area (Å²) in [5.41, 5.74) is 3.67. The van der Waals surface area contributed by atoms with E-state index in [0.717, 1.165) is 23.2 Å². The summed E-state index contributed by atoms with van der Waals surface area (Å²) >= 11 is 0. The molecule has 5 rings (SSSR count). The van der Waals surface area contributed by atoms with E-state index in [-0.39, 0.29) is 23.3 Å². The van der Waals surface area contributed by atoms with E-state index in [1.807, 2.05) is 32.0 Å². The van der Waals surface area contributed by atoms with E-state index in [1.165, 1.54) is 4.31 Å².